The van der Waals surface area contributed by atoms with Gasteiger partial charge in [-0.15, -0.1) is 0 Å². The Kier molecular flexibility index (Phi) is 4.27. The lowest BCUT2D eigenvalue weighted by Crippen LogP contribution is -2.16. The van der Waals surface area contributed by atoms with Crippen LogP contribution in [-0.4, -0.2) is 23.3 Å². The van der Waals surface area contributed by atoms with Crippen molar-refractivity contribution in [2.24, 2.45) is 0 Å². The van der Waals surface area contributed by atoms with Crippen LogP contribution in [0.25, 0.3) is 11.0 Å². The van der Waals surface area contributed by atoms with E-state index in [4.69, 9.17) is 9.15 Å². The van der Waals surface area contributed by atoms with E-state index in [1.54, 1.807) is 31.2 Å². The highest BCUT2D eigenvalue weighted by molar-refractivity contribution is 6.00. The number of ketones is 1. The highest BCUT2D eigenvalue weighted by Crippen LogP contribution is 2.15. The van der Waals surface area contributed by atoms with Gasteiger partial charge in [0.25, 0.3) is 0 Å². The van der Waals surface area contributed by atoms with Crippen LogP contribution in [0.15, 0.2) is 39.5 Å². The van der Waals surface area contributed by atoms with Gasteiger partial charge in [-0.2, -0.15) is 0 Å². The van der Waals surface area contributed by atoms with E-state index < -0.39 is 12.6 Å². The van der Waals surface area contributed by atoms with Gasteiger partial charge in [-0.25, -0.2) is 4.79 Å². The second kappa shape index (κ2) is 6.39. The fourth-order valence-corrected chi connectivity index (χ4v) is 2.66. The molecule has 2 aromatic heterocycles. The van der Waals surface area contributed by atoms with E-state index in [9.17, 15) is 14.4 Å². The van der Waals surface area contributed by atoms with E-state index in [1.165, 1.54) is 0 Å². The van der Waals surface area contributed by atoms with Crippen molar-refractivity contribution in [3.63, 3.8) is 0 Å². The standard InChI is InChI=1S/C19H17NO5/c1-10-4-5-17-14(6-10)15(21)8-18(25-17)19(23)24-9-16(22)13-7-11(2)20-12(13)3/h4-8,20H,9H2,1-3H3. The molecule has 3 rings (SSSR count). The molecule has 6 nitrogen and oxygen atoms in total. The Labute approximate surface area is 143 Å². The van der Waals surface area contributed by atoms with E-state index >= 15 is 0 Å². The maximum absolute atomic E-state index is 12.1. The van der Waals surface area contributed by atoms with Crippen LogP contribution in [0.1, 0.15) is 37.9 Å². The van der Waals surface area contributed by atoms with Crippen molar-refractivity contribution in [2.75, 3.05) is 6.61 Å². The molecular formula is C19H17NO5. The smallest absolute Gasteiger partial charge is 0.374 e. The zero-order valence-electron chi connectivity index (χ0n) is 14.1. The average Bonchev–Trinajstić information content (AvgIpc) is 2.91. The van der Waals surface area contributed by atoms with Gasteiger partial charge in [-0.05, 0) is 39.0 Å². The molecule has 1 aromatic carbocycles. The summed E-state index contributed by atoms with van der Waals surface area (Å²) in [5, 5.41) is 0.394. The molecule has 2 heterocycles. The second-order valence-corrected chi connectivity index (χ2v) is 5.96. The number of rotatable bonds is 4. The predicted molar refractivity (Wildman–Crippen MR) is 92.1 cm³/mol. The number of H-pyrrole nitrogens is 1. The van der Waals surface area contributed by atoms with Crippen molar-refractivity contribution in [1.82, 2.24) is 4.98 Å². The fraction of sp³-hybridized carbons (Fsp3) is 0.211. The van der Waals surface area contributed by atoms with Crippen LogP contribution in [0.5, 0.6) is 0 Å². The van der Waals surface area contributed by atoms with Crippen LogP contribution in [0.2, 0.25) is 0 Å². The van der Waals surface area contributed by atoms with E-state index in [0.717, 1.165) is 17.3 Å². The number of aryl methyl sites for hydroxylation is 3. The molecule has 0 aliphatic heterocycles. The number of esters is 1. The summed E-state index contributed by atoms with van der Waals surface area (Å²) in [4.78, 5) is 39.4. The second-order valence-electron chi connectivity index (χ2n) is 5.96. The van der Waals surface area contributed by atoms with Crippen LogP contribution < -0.4 is 5.43 Å². The summed E-state index contributed by atoms with van der Waals surface area (Å²) < 4.78 is 10.4. The van der Waals surface area contributed by atoms with E-state index in [-0.39, 0.29) is 17.0 Å². The molecule has 0 fully saturated rings. The SMILES string of the molecule is Cc1ccc2oc(C(=O)OCC(=O)c3cc(C)[nH]c3C)cc(=O)c2c1. The maximum Gasteiger partial charge on any atom is 0.374 e. The van der Waals surface area contributed by atoms with Crippen LogP contribution in [0, 0.1) is 20.8 Å². The number of nitrogens with one attached hydrogen (secondary N) is 1. The molecule has 0 bridgehead atoms. The lowest BCUT2D eigenvalue weighted by molar-refractivity contribution is 0.0444. The number of aromatic amines is 1. The molecule has 3 aromatic rings. The molecule has 0 atom stereocenters. The molecule has 0 saturated heterocycles. The summed E-state index contributed by atoms with van der Waals surface area (Å²) in [7, 11) is 0. The number of fused-ring (bicyclic) bond motifs is 1. The number of ether oxygens (including phenoxy) is 1. The summed E-state index contributed by atoms with van der Waals surface area (Å²) >= 11 is 0. The Morgan fingerprint density at radius 2 is 1.88 bits per heavy atom. The summed E-state index contributed by atoms with van der Waals surface area (Å²) in [5.41, 5.74) is 2.92. The number of benzene rings is 1. The summed E-state index contributed by atoms with van der Waals surface area (Å²) in [6.07, 6.45) is 0. The lowest BCUT2D eigenvalue weighted by Gasteiger charge is -2.05. The van der Waals surface area contributed by atoms with Gasteiger partial charge in [0, 0.05) is 23.0 Å². The Bertz CT molecular complexity index is 1040. The number of hydrogen-bond acceptors (Lipinski definition) is 5. The highest BCUT2D eigenvalue weighted by Gasteiger charge is 2.18. The minimum atomic E-state index is -0.849. The molecular weight excluding hydrogens is 322 g/mol. The maximum atomic E-state index is 12.1. The molecule has 6 heteroatoms. The van der Waals surface area contributed by atoms with Crippen LogP contribution in [-0.2, 0) is 4.74 Å². The van der Waals surface area contributed by atoms with Gasteiger partial charge in [0.2, 0.25) is 11.5 Å². The molecule has 25 heavy (non-hydrogen) atoms. The van der Waals surface area contributed by atoms with Gasteiger partial charge in [-0.1, -0.05) is 11.6 Å². The van der Waals surface area contributed by atoms with E-state index in [2.05, 4.69) is 4.98 Å². The largest absolute Gasteiger partial charge is 0.451 e. The molecule has 0 spiro atoms. The summed E-state index contributed by atoms with van der Waals surface area (Å²) in [5.74, 6) is -1.40. The Hall–Kier alpha value is -3.15. The number of carbonyl (C=O) groups excluding carboxylic acids is 2. The summed E-state index contributed by atoms with van der Waals surface area (Å²) in [6, 6.07) is 7.88. The van der Waals surface area contributed by atoms with E-state index in [0.29, 0.717) is 22.2 Å². The molecule has 1 N–H and O–H groups in total. The Morgan fingerprint density at radius 3 is 2.56 bits per heavy atom. The quantitative estimate of drug-likeness (QED) is 0.583. The third-order valence-electron chi connectivity index (χ3n) is 3.87. The average molecular weight is 339 g/mol. The molecule has 0 amide bonds. The Morgan fingerprint density at radius 1 is 1.12 bits per heavy atom. The molecule has 0 unspecified atom stereocenters. The van der Waals surface area contributed by atoms with Crippen LogP contribution in [0.3, 0.4) is 0 Å². The number of aromatic nitrogens is 1. The number of Topliss-reactive ketones (excluding diaryl/α,β-unsaturated/α-hetero) is 1. The first-order valence-corrected chi connectivity index (χ1v) is 7.76. The van der Waals surface area contributed by atoms with Crippen molar-refractivity contribution < 1.29 is 18.7 Å². The van der Waals surface area contributed by atoms with Gasteiger partial charge in [0.1, 0.15) is 5.58 Å². The molecule has 0 saturated carbocycles. The Balaban J connectivity index is 1.78. The van der Waals surface area contributed by atoms with Crippen molar-refractivity contribution in [2.45, 2.75) is 20.8 Å². The predicted octanol–water partition coefficient (Wildman–Crippen LogP) is 3.09. The van der Waals surface area contributed by atoms with Crippen molar-refractivity contribution in [3.8, 4) is 0 Å². The van der Waals surface area contributed by atoms with Crippen molar-refractivity contribution in [3.05, 3.63) is 68.8 Å². The topological polar surface area (TPSA) is 89.4 Å². The molecule has 128 valence electrons. The van der Waals surface area contributed by atoms with Gasteiger partial charge in [0.05, 0.1) is 5.39 Å². The number of hydrogen-bond donors (Lipinski definition) is 1. The molecule has 0 radical (unpaired) electrons. The minimum Gasteiger partial charge on any atom is -0.451 e. The van der Waals surface area contributed by atoms with Gasteiger partial charge >= 0.3 is 5.97 Å². The number of carbonyl (C=O) groups is 2. The van der Waals surface area contributed by atoms with Gasteiger partial charge < -0.3 is 14.1 Å². The zero-order valence-corrected chi connectivity index (χ0v) is 14.1. The lowest BCUT2D eigenvalue weighted by atomic mass is 10.1. The van der Waals surface area contributed by atoms with Crippen molar-refractivity contribution >= 4 is 22.7 Å². The first-order valence-electron chi connectivity index (χ1n) is 7.76. The first kappa shape index (κ1) is 16.7. The fourth-order valence-electron chi connectivity index (χ4n) is 2.66. The molecule has 0 aliphatic carbocycles. The third-order valence-corrected chi connectivity index (χ3v) is 3.87. The van der Waals surface area contributed by atoms with E-state index in [1.807, 2.05) is 13.8 Å². The first-order chi connectivity index (χ1) is 11.8. The monoisotopic (exact) mass is 339 g/mol. The highest BCUT2D eigenvalue weighted by atomic mass is 16.5. The third kappa shape index (κ3) is 3.38. The van der Waals surface area contributed by atoms with Gasteiger partial charge in [-0.3, -0.25) is 9.59 Å². The zero-order chi connectivity index (χ0) is 18.1. The molecule has 0 aliphatic rings. The summed E-state index contributed by atoms with van der Waals surface area (Å²) in [6.45, 7) is 5.04. The van der Waals surface area contributed by atoms with Crippen molar-refractivity contribution in [1.29, 1.82) is 0 Å². The van der Waals surface area contributed by atoms with Gasteiger partial charge in [0.15, 0.2) is 12.0 Å². The van der Waals surface area contributed by atoms with Crippen LogP contribution >= 0.6 is 0 Å². The normalized spacial score (nSPS) is 10.8. The minimum absolute atomic E-state index is 0.226. The van der Waals surface area contributed by atoms with Crippen LogP contribution in [0.4, 0.5) is 0 Å².